The highest BCUT2D eigenvalue weighted by Crippen LogP contribution is 2.31. The third-order valence-electron chi connectivity index (χ3n) is 5.60. The van der Waals surface area contributed by atoms with Gasteiger partial charge in [0.15, 0.2) is 11.6 Å². The maximum atomic E-state index is 13.4. The Labute approximate surface area is 232 Å². The van der Waals surface area contributed by atoms with Gasteiger partial charge in [0.2, 0.25) is 5.91 Å². The molecule has 4 aromatic rings. The number of ether oxygens (including phenoxy) is 2. The first kappa shape index (κ1) is 29.4. The SMILES string of the molecule is CC[C@H](N)C(=O)Nc1cccc(S(=O)(=O)Nc2nc3ccccc3nc2Nc2cc(OC)cc(OC)c2)c1.Cl. The maximum Gasteiger partial charge on any atom is 0.263 e. The number of fused-ring (bicyclic) bond motifs is 1. The number of para-hydroxylation sites is 2. The molecule has 0 spiro atoms. The first-order valence-corrected chi connectivity index (χ1v) is 13.2. The Morgan fingerprint density at radius 3 is 2.10 bits per heavy atom. The minimum Gasteiger partial charge on any atom is -0.497 e. The van der Waals surface area contributed by atoms with Crippen molar-refractivity contribution in [3.63, 3.8) is 0 Å². The molecule has 5 N–H and O–H groups in total. The lowest BCUT2D eigenvalue weighted by atomic mass is 10.2. The third kappa shape index (κ3) is 7.05. The quantitative estimate of drug-likeness (QED) is 0.217. The molecule has 3 aromatic carbocycles. The molecule has 0 aliphatic rings. The highest BCUT2D eigenvalue weighted by Gasteiger charge is 2.21. The average molecular weight is 573 g/mol. The van der Waals surface area contributed by atoms with E-state index < -0.39 is 22.0 Å². The van der Waals surface area contributed by atoms with Crippen molar-refractivity contribution in [2.45, 2.75) is 24.3 Å². The Kier molecular flexibility index (Phi) is 9.51. The van der Waals surface area contributed by atoms with E-state index in [1.54, 1.807) is 49.4 Å². The number of nitrogens with zero attached hydrogens (tertiary/aromatic N) is 2. The first-order chi connectivity index (χ1) is 18.2. The molecule has 0 unspecified atom stereocenters. The van der Waals surface area contributed by atoms with E-state index in [0.717, 1.165) is 0 Å². The van der Waals surface area contributed by atoms with Gasteiger partial charge >= 0.3 is 0 Å². The number of hydrogen-bond acceptors (Lipinski definition) is 9. The maximum absolute atomic E-state index is 13.4. The van der Waals surface area contributed by atoms with Crippen LogP contribution < -0.4 is 30.6 Å². The minimum absolute atomic E-state index is 0. The summed E-state index contributed by atoms with van der Waals surface area (Å²) >= 11 is 0. The molecule has 1 heterocycles. The Bertz CT molecular complexity index is 1560. The van der Waals surface area contributed by atoms with Crippen LogP contribution in [0.5, 0.6) is 11.5 Å². The second-order valence-corrected chi connectivity index (χ2v) is 9.96. The second kappa shape index (κ2) is 12.6. The summed E-state index contributed by atoms with van der Waals surface area (Å²) in [5.74, 6) is 0.804. The van der Waals surface area contributed by atoms with Gasteiger partial charge in [-0.2, -0.15) is 0 Å². The molecule has 206 valence electrons. The molecule has 11 nitrogen and oxygen atoms in total. The van der Waals surface area contributed by atoms with Crippen LogP contribution in [0.15, 0.2) is 71.6 Å². The van der Waals surface area contributed by atoms with Crippen LogP contribution in [0.1, 0.15) is 13.3 Å². The van der Waals surface area contributed by atoms with Crippen LogP contribution in [0.3, 0.4) is 0 Å². The van der Waals surface area contributed by atoms with Gasteiger partial charge in [-0.05, 0) is 36.8 Å². The van der Waals surface area contributed by atoms with E-state index in [0.29, 0.717) is 40.3 Å². The summed E-state index contributed by atoms with van der Waals surface area (Å²) in [4.78, 5) is 21.2. The Balaban J connectivity index is 0.00000420. The lowest BCUT2D eigenvalue weighted by Gasteiger charge is -2.15. The summed E-state index contributed by atoms with van der Waals surface area (Å²) in [5.41, 5.74) is 7.67. The molecule has 0 aliphatic carbocycles. The van der Waals surface area contributed by atoms with Crippen molar-refractivity contribution in [1.82, 2.24) is 9.97 Å². The van der Waals surface area contributed by atoms with Crippen molar-refractivity contribution in [1.29, 1.82) is 0 Å². The summed E-state index contributed by atoms with van der Waals surface area (Å²) < 4.78 is 40.0. The van der Waals surface area contributed by atoms with Gasteiger partial charge in [-0.3, -0.25) is 9.52 Å². The fourth-order valence-corrected chi connectivity index (χ4v) is 4.58. The standard InChI is InChI=1S/C26H28N6O5S.ClH/c1-4-21(27)26(33)29-16-8-7-9-20(14-16)38(34,35)32-25-24(30-22-10-5-6-11-23(22)31-25)28-17-12-18(36-2)15-19(13-17)37-3;/h5-15,21H,4,27H2,1-3H3,(H,28,30)(H,29,33)(H,31,32);1H/t21-;/m0./s1. The highest BCUT2D eigenvalue weighted by atomic mass is 35.5. The number of carbonyl (C=O) groups is 1. The summed E-state index contributed by atoms with van der Waals surface area (Å²) in [6.07, 6.45) is 0.445. The zero-order chi connectivity index (χ0) is 27.3. The number of rotatable bonds is 10. The van der Waals surface area contributed by atoms with Crippen molar-refractivity contribution in [2.24, 2.45) is 5.73 Å². The molecule has 0 radical (unpaired) electrons. The molecule has 0 fully saturated rings. The molecule has 4 rings (SSSR count). The predicted octanol–water partition coefficient (Wildman–Crippen LogP) is 4.29. The predicted molar refractivity (Wildman–Crippen MR) is 154 cm³/mol. The van der Waals surface area contributed by atoms with Crippen LogP contribution in [0, 0.1) is 0 Å². The Hall–Kier alpha value is -4.13. The molecular formula is C26H29ClN6O5S. The van der Waals surface area contributed by atoms with Gasteiger partial charge in [-0.1, -0.05) is 25.1 Å². The fraction of sp³-hybridized carbons (Fsp3) is 0.192. The van der Waals surface area contributed by atoms with Gasteiger partial charge in [0.25, 0.3) is 10.0 Å². The number of aromatic nitrogens is 2. The van der Waals surface area contributed by atoms with Crippen molar-refractivity contribution in [3.8, 4) is 11.5 Å². The zero-order valence-corrected chi connectivity index (χ0v) is 23.1. The zero-order valence-electron chi connectivity index (χ0n) is 21.5. The Morgan fingerprint density at radius 1 is 0.897 bits per heavy atom. The lowest BCUT2D eigenvalue weighted by molar-refractivity contribution is -0.117. The van der Waals surface area contributed by atoms with Crippen LogP contribution in [0.2, 0.25) is 0 Å². The molecule has 1 atom stereocenters. The van der Waals surface area contributed by atoms with Gasteiger partial charge in [0.1, 0.15) is 11.5 Å². The molecule has 0 saturated heterocycles. The van der Waals surface area contributed by atoms with E-state index in [9.17, 15) is 13.2 Å². The lowest BCUT2D eigenvalue weighted by Crippen LogP contribution is -2.34. The smallest absolute Gasteiger partial charge is 0.263 e. The highest BCUT2D eigenvalue weighted by molar-refractivity contribution is 7.92. The molecule has 39 heavy (non-hydrogen) atoms. The normalized spacial score (nSPS) is 11.7. The molecular weight excluding hydrogens is 544 g/mol. The van der Waals surface area contributed by atoms with Gasteiger partial charge in [-0.25, -0.2) is 18.4 Å². The number of anilines is 4. The number of hydrogen-bond donors (Lipinski definition) is 4. The van der Waals surface area contributed by atoms with E-state index in [1.165, 1.54) is 32.4 Å². The molecule has 1 amide bonds. The number of amides is 1. The number of benzene rings is 3. The topological polar surface area (TPSA) is 158 Å². The van der Waals surface area contributed by atoms with E-state index in [4.69, 9.17) is 15.2 Å². The van der Waals surface area contributed by atoms with Crippen molar-refractivity contribution in [3.05, 3.63) is 66.7 Å². The average Bonchev–Trinajstić information content (AvgIpc) is 2.92. The Morgan fingerprint density at radius 2 is 1.51 bits per heavy atom. The number of sulfonamides is 1. The molecule has 0 bridgehead atoms. The van der Waals surface area contributed by atoms with Crippen molar-refractivity contribution in [2.75, 3.05) is 29.6 Å². The van der Waals surface area contributed by atoms with Gasteiger partial charge < -0.3 is 25.8 Å². The number of nitrogens with two attached hydrogens (primary N) is 1. The van der Waals surface area contributed by atoms with Crippen molar-refractivity contribution < 1.29 is 22.7 Å². The molecule has 13 heteroatoms. The number of halogens is 1. The summed E-state index contributed by atoms with van der Waals surface area (Å²) in [7, 11) is -1.07. The minimum atomic E-state index is -4.13. The van der Waals surface area contributed by atoms with Crippen LogP contribution in [0.4, 0.5) is 23.0 Å². The van der Waals surface area contributed by atoms with Crippen molar-refractivity contribution >= 4 is 62.4 Å². The monoisotopic (exact) mass is 572 g/mol. The molecule has 0 aliphatic heterocycles. The second-order valence-electron chi connectivity index (χ2n) is 8.27. The summed E-state index contributed by atoms with van der Waals surface area (Å²) in [5, 5.41) is 5.75. The van der Waals surface area contributed by atoms with Gasteiger partial charge in [-0.15, -0.1) is 12.4 Å². The van der Waals surface area contributed by atoms with E-state index >= 15 is 0 Å². The van der Waals surface area contributed by atoms with Gasteiger partial charge in [0.05, 0.1) is 36.2 Å². The molecule has 0 saturated carbocycles. The fourth-order valence-electron chi connectivity index (χ4n) is 3.52. The van der Waals surface area contributed by atoms with E-state index in [2.05, 4.69) is 25.3 Å². The van der Waals surface area contributed by atoms with Crippen LogP contribution in [-0.4, -0.2) is 44.6 Å². The van der Waals surface area contributed by atoms with Crippen LogP contribution in [0.25, 0.3) is 11.0 Å². The molecule has 1 aromatic heterocycles. The van der Waals surface area contributed by atoms with E-state index in [-0.39, 0.29) is 28.9 Å². The summed E-state index contributed by atoms with van der Waals surface area (Å²) in [6, 6.07) is 17.4. The van der Waals surface area contributed by atoms with Gasteiger partial charge in [0, 0.05) is 29.6 Å². The van der Waals surface area contributed by atoms with Crippen LogP contribution >= 0.6 is 12.4 Å². The third-order valence-corrected chi connectivity index (χ3v) is 6.94. The summed E-state index contributed by atoms with van der Waals surface area (Å²) in [6.45, 7) is 1.78. The van der Waals surface area contributed by atoms with E-state index in [1.807, 2.05) is 6.07 Å². The van der Waals surface area contributed by atoms with Crippen LogP contribution in [-0.2, 0) is 14.8 Å². The number of methoxy groups -OCH3 is 2. The number of nitrogens with one attached hydrogen (secondary N) is 3. The number of carbonyl (C=O) groups excluding carboxylic acids is 1. The largest absolute Gasteiger partial charge is 0.497 e. The first-order valence-electron chi connectivity index (χ1n) is 11.7.